The van der Waals surface area contributed by atoms with Gasteiger partial charge in [-0.25, -0.2) is 0 Å². The molecule has 3 rings (SSSR count). The summed E-state index contributed by atoms with van der Waals surface area (Å²) in [5.74, 6) is 3.09. The van der Waals surface area contributed by atoms with Crippen LogP contribution < -0.4 is 0 Å². The lowest BCUT2D eigenvalue weighted by Crippen LogP contribution is -2.13. The molecule has 208 valence electrons. The molecule has 0 saturated carbocycles. The van der Waals surface area contributed by atoms with Crippen LogP contribution in [0.2, 0.25) is 0 Å². The fourth-order valence-electron chi connectivity index (χ4n) is 6.48. The molecule has 0 radical (unpaired) electrons. The molecule has 4 unspecified atom stereocenters. The zero-order valence-electron chi connectivity index (χ0n) is 26.0. The van der Waals surface area contributed by atoms with Gasteiger partial charge in [-0.3, -0.25) is 0 Å². The van der Waals surface area contributed by atoms with E-state index in [-0.39, 0.29) is 0 Å². The number of unbranched alkanes of at least 4 members (excludes halogenated alkanes) is 1. The van der Waals surface area contributed by atoms with Crippen molar-refractivity contribution in [3.63, 3.8) is 0 Å². The van der Waals surface area contributed by atoms with Crippen molar-refractivity contribution in [2.24, 2.45) is 23.7 Å². The van der Waals surface area contributed by atoms with E-state index in [1.165, 1.54) is 95.9 Å². The Morgan fingerprint density at radius 3 is 2.32 bits per heavy atom. The number of aryl methyl sites for hydroxylation is 1. The zero-order valence-corrected chi connectivity index (χ0v) is 26.0. The maximum Gasteiger partial charge on any atom is -0.00912 e. The van der Waals surface area contributed by atoms with Gasteiger partial charge in [-0.1, -0.05) is 139 Å². The van der Waals surface area contributed by atoms with E-state index >= 15 is 0 Å². The summed E-state index contributed by atoms with van der Waals surface area (Å²) in [6, 6.07) is 9.09. The van der Waals surface area contributed by atoms with Crippen molar-refractivity contribution in [1.82, 2.24) is 0 Å². The van der Waals surface area contributed by atoms with Crippen LogP contribution in [0.1, 0.15) is 124 Å². The second-order valence-electron chi connectivity index (χ2n) is 12.8. The summed E-state index contributed by atoms with van der Waals surface area (Å²) in [5.41, 5.74) is 11.5. The Labute approximate surface area is 236 Å². The van der Waals surface area contributed by atoms with Crippen LogP contribution in [-0.4, -0.2) is 0 Å². The molecule has 2 aliphatic carbocycles. The molecule has 0 heterocycles. The summed E-state index contributed by atoms with van der Waals surface area (Å²) < 4.78 is 0. The monoisotopic (exact) mass is 512 g/mol. The van der Waals surface area contributed by atoms with Crippen LogP contribution in [0.4, 0.5) is 0 Å². The van der Waals surface area contributed by atoms with Crippen molar-refractivity contribution in [3.05, 3.63) is 87.6 Å². The van der Waals surface area contributed by atoms with Crippen molar-refractivity contribution >= 4 is 5.57 Å². The van der Waals surface area contributed by atoms with Gasteiger partial charge in [0.15, 0.2) is 0 Å². The Hall–Kier alpha value is -2.08. The lowest BCUT2D eigenvalue weighted by molar-refractivity contribution is 0.273. The maximum atomic E-state index is 2.56. The van der Waals surface area contributed by atoms with Gasteiger partial charge < -0.3 is 0 Å². The maximum absolute atomic E-state index is 2.56. The summed E-state index contributed by atoms with van der Waals surface area (Å²) in [6.07, 6.45) is 23.1. The van der Waals surface area contributed by atoms with Crippen molar-refractivity contribution in [2.45, 2.75) is 120 Å². The second kappa shape index (κ2) is 14.9. The lowest BCUT2D eigenvalue weighted by Gasteiger charge is -2.25. The molecular formula is C38H56. The zero-order chi connectivity index (χ0) is 27.7. The number of hydrogen-bond donors (Lipinski definition) is 0. The standard InChI is InChI=1S/C38H56/c1-9-11-13-33(12-10-2)30(7)18-14-28(5)15-20-32-21-25-36-37(26-32)31(8)19-24-35(38(36)27(3)4)34-22-16-29(6)17-23-34/h16-17,20,22-26,28,30-31,33H,9-15,18-19,21H2,1-8H3. The average molecular weight is 513 g/mol. The first kappa shape index (κ1) is 30.5. The highest BCUT2D eigenvalue weighted by atomic mass is 14.3. The molecule has 4 atom stereocenters. The van der Waals surface area contributed by atoms with Gasteiger partial charge in [0, 0.05) is 0 Å². The van der Waals surface area contributed by atoms with Crippen LogP contribution in [0.25, 0.3) is 5.57 Å². The lowest BCUT2D eigenvalue weighted by atomic mass is 9.80. The SMILES string of the molecule is CCCCC(CCC)C(C)CCC(C)CC=C1C=C2C(=CC1)C(=C(C)C)C(c1ccc(C)cc1)=CCC2C. The van der Waals surface area contributed by atoms with E-state index in [9.17, 15) is 0 Å². The minimum absolute atomic E-state index is 0.541. The molecule has 0 spiro atoms. The predicted molar refractivity (Wildman–Crippen MR) is 170 cm³/mol. The third-order valence-corrected chi connectivity index (χ3v) is 9.09. The smallest absolute Gasteiger partial charge is 0.00912 e. The van der Waals surface area contributed by atoms with Crippen molar-refractivity contribution in [3.8, 4) is 0 Å². The van der Waals surface area contributed by atoms with Crippen LogP contribution >= 0.6 is 0 Å². The number of benzene rings is 1. The first-order valence-corrected chi connectivity index (χ1v) is 15.8. The van der Waals surface area contributed by atoms with Crippen molar-refractivity contribution < 1.29 is 0 Å². The van der Waals surface area contributed by atoms with E-state index < -0.39 is 0 Å². The molecule has 1 aromatic carbocycles. The minimum Gasteiger partial charge on any atom is -0.0807 e. The van der Waals surface area contributed by atoms with E-state index in [2.05, 4.69) is 104 Å². The molecule has 0 bridgehead atoms. The van der Waals surface area contributed by atoms with Gasteiger partial charge in [0.05, 0.1) is 0 Å². The van der Waals surface area contributed by atoms with Crippen LogP contribution in [0.5, 0.6) is 0 Å². The molecule has 0 saturated heterocycles. The predicted octanol–water partition coefficient (Wildman–Crippen LogP) is 12.0. The number of rotatable bonds is 12. The Morgan fingerprint density at radius 2 is 1.66 bits per heavy atom. The molecule has 0 N–H and O–H groups in total. The van der Waals surface area contributed by atoms with Gasteiger partial charge in [0.25, 0.3) is 0 Å². The normalized spacial score (nSPS) is 21.2. The van der Waals surface area contributed by atoms with Gasteiger partial charge >= 0.3 is 0 Å². The average Bonchev–Trinajstić information content (AvgIpc) is 3.05. The third-order valence-electron chi connectivity index (χ3n) is 9.09. The summed E-state index contributed by atoms with van der Waals surface area (Å²) in [4.78, 5) is 0. The molecular weight excluding hydrogens is 456 g/mol. The van der Waals surface area contributed by atoms with Gasteiger partial charge in [-0.2, -0.15) is 0 Å². The molecule has 0 aliphatic heterocycles. The highest BCUT2D eigenvalue weighted by molar-refractivity contribution is 5.87. The molecule has 0 aromatic heterocycles. The second-order valence-corrected chi connectivity index (χ2v) is 12.8. The van der Waals surface area contributed by atoms with Crippen molar-refractivity contribution in [1.29, 1.82) is 0 Å². The molecule has 38 heavy (non-hydrogen) atoms. The molecule has 2 aliphatic rings. The van der Waals surface area contributed by atoms with Crippen molar-refractivity contribution in [2.75, 3.05) is 0 Å². The quantitative estimate of drug-likeness (QED) is 0.261. The Kier molecular flexibility index (Phi) is 11.9. The third kappa shape index (κ3) is 8.21. The van der Waals surface area contributed by atoms with E-state index in [4.69, 9.17) is 0 Å². The van der Waals surface area contributed by atoms with Gasteiger partial charge in [-0.15, -0.1) is 0 Å². The molecule has 0 amide bonds. The molecule has 0 heteroatoms. The largest absolute Gasteiger partial charge is 0.0807 e. The van der Waals surface area contributed by atoms with Crippen LogP contribution in [0, 0.1) is 30.6 Å². The first-order valence-electron chi connectivity index (χ1n) is 15.8. The summed E-state index contributed by atoms with van der Waals surface area (Å²) in [7, 11) is 0. The van der Waals surface area contributed by atoms with E-state index in [0.717, 1.165) is 30.6 Å². The minimum atomic E-state index is 0.541. The Bertz CT molecular complexity index is 1050. The van der Waals surface area contributed by atoms with E-state index in [1.54, 1.807) is 0 Å². The summed E-state index contributed by atoms with van der Waals surface area (Å²) in [6.45, 7) is 18.8. The highest BCUT2D eigenvalue weighted by Gasteiger charge is 2.26. The fourth-order valence-corrected chi connectivity index (χ4v) is 6.48. The topological polar surface area (TPSA) is 0 Å². The number of fused-ring (bicyclic) bond motifs is 1. The molecule has 0 nitrogen and oxygen atoms in total. The highest BCUT2D eigenvalue weighted by Crippen LogP contribution is 2.44. The van der Waals surface area contributed by atoms with Crippen LogP contribution in [0.15, 0.2) is 76.4 Å². The van der Waals surface area contributed by atoms with E-state index in [0.29, 0.717) is 5.92 Å². The van der Waals surface area contributed by atoms with Crippen LogP contribution in [0.3, 0.4) is 0 Å². The van der Waals surface area contributed by atoms with Gasteiger partial charge in [0.1, 0.15) is 0 Å². The van der Waals surface area contributed by atoms with Gasteiger partial charge in [0.2, 0.25) is 0 Å². The number of hydrogen-bond acceptors (Lipinski definition) is 0. The number of allylic oxidation sites excluding steroid dienone is 10. The molecule has 0 fully saturated rings. The first-order chi connectivity index (χ1) is 18.2. The van der Waals surface area contributed by atoms with E-state index in [1.807, 2.05) is 0 Å². The Balaban J connectivity index is 1.69. The summed E-state index contributed by atoms with van der Waals surface area (Å²) in [5, 5.41) is 0. The molecule has 1 aromatic rings. The van der Waals surface area contributed by atoms with Crippen LogP contribution in [-0.2, 0) is 0 Å². The fraction of sp³-hybridized carbons (Fsp3) is 0.579. The summed E-state index contributed by atoms with van der Waals surface area (Å²) >= 11 is 0. The van der Waals surface area contributed by atoms with Gasteiger partial charge in [-0.05, 0) is 97.1 Å². The Morgan fingerprint density at radius 1 is 0.921 bits per heavy atom.